The van der Waals surface area contributed by atoms with Crippen molar-refractivity contribution in [3.63, 3.8) is 0 Å². The molecule has 0 bridgehead atoms. The van der Waals surface area contributed by atoms with Gasteiger partial charge in [-0.15, -0.1) is 0 Å². The normalized spacial score (nSPS) is 17.4. The number of rotatable bonds is 4. The van der Waals surface area contributed by atoms with Crippen molar-refractivity contribution in [1.29, 1.82) is 0 Å². The zero-order chi connectivity index (χ0) is 12.3. The fourth-order valence-corrected chi connectivity index (χ4v) is 1.94. The molecule has 92 valence electrons. The van der Waals surface area contributed by atoms with Crippen LogP contribution in [0.4, 0.5) is 0 Å². The summed E-state index contributed by atoms with van der Waals surface area (Å²) in [6, 6.07) is 5.38. The molecular formula is C13H16O4. The summed E-state index contributed by atoms with van der Waals surface area (Å²) >= 11 is 0. The van der Waals surface area contributed by atoms with Crippen LogP contribution in [-0.2, 0) is 15.9 Å². The maximum Gasteiger partial charge on any atom is 0.338 e. The van der Waals surface area contributed by atoms with E-state index in [2.05, 4.69) is 0 Å². The van der Waals surface area contributed by atoms with Crippen LogP contribution >= 0.6 is 0 Å². The first kappa shape index (κ1) is 11.9. The highest BCUT2D eigenvalue weighted by molar-refractivity contribution is 5.89. The molecule has 17 heavy (non-hydrogen) atoms. The predicted octanol–water partition coefficient (Wildman–Crippen LogP) is 1.81. The molecule has 0 aliphatic carbocycles. The number of methoxy groups -OCH3 is 1. The fraction of sp³-hybridized carbons (Fsp3) is 0.462. The number of hydrogen-bond acceptors (Lipinski definition) is 4. The van der Waals surface area contributed by atoms with Crippen LogP contribution < -0.4 is 4.74 Å². The van der Waals surface area contributed by atoms with Crippen LogP contribution in [0.3, 0.4) is 0 Å². The van der Waals surface area contributed by atoms with E-state index < -0.39 is 0 Å². The fourth-order valence-electron chi connectivity index (χ4n) is 1.94. The van der Waals surface area contributed by atoms with Gasteiger partial charge < -0.3 is 14.2 Å². The standard InChI is InChI=1S/C13H16O4/c1-3-16-13(14)9-4-5-12-10(6-9)7-11(17-12)8-15-2/h4-6,11H,3,7-8H2,1-2H3. The Morgan fingerprint density at radius 2 is 2.35 bits per heavy atom. The van der Waals surface area contributed by atoms with Crippen LogP contribution in [0, 0.1) is 0 Å². The van der Waals surface area contributed by atoms with E-state index in [-0.39, 0.29) is 12.1 Å². The van der Waals surface area contributed by atoms with Gasteiger partial charge in [0.25, 0.3) is 0 Å². The number of hydrogen-bond donors (Lipinski definition) is 0. The van der Waals surface area contributed by atoms with Crippen molar-refractivity contribution in [3.05, 3.63) is 29.3 Å². The summed E-state index contributed by atoms with van der Waals surface area (Å²) in [5.41, 5.74) is 1.62. The lowest BCUT2D eigenvalue weighted by Crippen LogP contribution is -2.19. The molecule has 4 nitrogen and oxygen atoms in total. The summed E-state index contributed by atoms with van der Waals surface area (Å²) in [6.45, 7) is 2.74. The van der Waals surface area contributed by atoms with Gasteiger partial charge in [-0.3, -0.25) is 0 Å². The van der Waals surface area contributed by atoms with Crippen molar-refractivity contribution >= 4 is 5.97 Å². The van der Waals surface area contributed by atoms with Crippen LogP contribution in [0.5, 0.6) is 5.75 Å². The summed E-state index contributed by atoms with van der Waals surface area (Å²) in [7, 11) is 1.65. The molecule has 4 heteroatoms. The smallest absolute Gasteiger partial charge is 0.338 e. The molecule has 2 rings (SSSR count). The molecule has 1 aromatic carbocycles. The second-order valence-corrected chi connectivity index (χ2v) is 3.94. The van der Waals surface area contributed by atoms with Gasteiger partial charge in [0.2, 0.25) is 0 Å². The Morgan fingerprint density at radius 3 is 3.06 bits per heavy atom. The second kappa shape index (κ2) is 5.19. The first-order valence-electron chi connectivity index (χ1n) is 5.70. The van der Waals surface area contributed by atoms with Crippen LogP contribution in [0.2, 0.25) is 0 Å². The molecule has 0 spiro atoms. The van der Waals surface area contributed by atoms with Crippen LogP contribution in [0.25, 0.3) is 0 Å². The van der Waals surface area contributed by atoms with Gasteiger partial charge in [0.05, 0.1) is 18.8 Å². The molecule has 1 aliphatic heterocycles. The molecule has 1 aromatic rings. The third kappa shape index (κ3) is 2.58. The van der Waals surface area contributed by atoms with E-state index in [0.29, 0.717) is 18.8 Å². The Labute approximate surface area is 100 Å². The first-order chi connectivity index (χ1) is 8.24. The zero-order valence-corrected chi connectivity index (χ0v) is 10.1. The lowest BCUT2D eigenvalue weighted by atomic mass is 10.1. The van der Waals surface area contributed by atoms with E-state index >= 15 is 0 Å². The minimum absolute atomic E-state index is 0.0486. The van der Waals surface area contributed by atoms with Gasteiger partial charge in [-0.1, -0.05) is 0 Å². The molecule has 0 saturated carbocycles. The van der Waals surface area contributed by atoms with Gasteiger partial charge in [-0.2, -0.15) is 0 Å². The molecule has 1 heterocycles. The summed E-state index contributed by atoms with van der Waals surface area (Å²) in [6.07, 6.45) is 0.823. The summed E-state index contributed by atoms with van der Waals surface area (Å²) in [4.78, 5) is 11.6. The molecular weight excluding hydrogens is 220 g/mol. The maximum atomic E-state index is 11.6. The van der Waals surface area contributed by atoms with E-state index in [1.165, 1.54) is 0 Å². The molecule has 0 saturated heterocycles. The molecule has 0 radical (unpaired) electrons. The number of carbonyl (C=O) groups excluding carboxylic acids is 1. The van der Waals surface area contributed by atoms with Gasteiger partial charge >= 0.3 is 5.97 Å². The summed E-state index contributed by atoms with van der Waals surface area (Å²) < 4.78 is 15.7. The highest BCUT2D eigenvalue weighted by Crippen LogP contribution is 2.29. The highest BCUT2D eigenvalue weighted by Gasteiger charge is 2.23. The molecule has 1 aliphatic rings. The molecule has 0 N–H and O–H groups in total. The molecule has 0 amide bonds. The average Bonchev–Trinajstić information content (AvgIpc) is 2.71. The van der Waals surface area contributed by atoms with Crippen LogP contribution in [0.15, 0.2) is 18.2 Å². The Balaban J connectivity index is 2.12. The van der Waals surface area contributed by atoms with Gasteiger partial charge in [0, 0.05) is 13.5 Å². The van der Waals surface area contributed by atoms with Crippen LogP contribution in [0.1, 0.15) is 22.8 Å². The quantitative estimate of drug-likeness (QED) is 0.748. The van der Waals surface area contributed by atoms with E-state index in [9.17, 15) is 4.79 Å². The van der Waals surface area contributed by atoms with Crippen molar-refractivity contribution in [2.24, 2.45) is 0 Å². The predicted molar refractivity (Wildman–Crippen MR) is 62.4 cm³/mol. The number of ether oxygens (including phenoxy) is 3. The van der Waals surface area contributed by atoms with Gasteiger partial charge in [0.1, 0.15) is 11.9 Å². The molecule has 1 unspecified atom stereocenters. The highest BCUT2D eigenvalue weighted by atomic mass is 16.5. The summed E-state index contributed by atoms with van der Waals surface area (Å²) in [5, 5.41) is 0. The number of fused-ring (bicyclic) bond motifs is 1. The average molecular weight is 236 g/mol. The Bertz CT molecular complexity index is 414. The van der Waals surface area contributed by atoms with E-state index in [1.54, 1.807) is 20.1 Å². The monoisotopic (exact) mass is 236 g/mol. The topological polar surface area (TPSA) is 44.8 Å². The minimum Gasteiger partial charge on any atom is -0.487 e. The van der Waals surface area contributed by atoms with Crippen molar-refractivity contribution in [2.45, 2.75) is 19.4 Å². The number of esters is 1. The first-order valence-corrected chi connectivity index (χ1v) is 5.70. The number of benzene rings is 1. The third-order valence-corrected chi connectivity index (χ3v) is 2.67. The Morgan fingerprint density at radius 1 is 1.53 bits per heavy atom. The van der Waals surface area contributed by atoms with E-state index in [1.807, 2.05) is 12.1 Å². The van der Waals surface area contributed by atoms with Crippen molar-refractivity contribution in [3.8, 4) is 5.75 Å². The van der Waals surface area contributed by atoms with Crippen LogP contribution in [-0.4, -0.2) is 32.4 Å². The number of carbonyl (C=O) groups is 1. The van der Waals surface area contributed by atoms with E-state index in [0.717, 1.165) is 17.7 Å². The molecule has 1 atom stereocenters. The lowest BCUT2D eigenvalue weighted by Gasteiger charge is -2.07. The second-order valence-electron chi connectivity index (χ2n) is 3.94. The summed E-state index contributed by atoms with van der Waals surface area (Å²) in [5.74, 6) is 0.547. The zero-order valence-electron chi connectivity index (χ0n) is 10.1. The lowest BCUT2D eigenvalue weighted by molar-refractivity contribution is 0.0526. The molecule has 0 fully saturated rings. The van der Waals surface area contributed by atoms with E-state index in [4.69, 9.17) is 14.2 Å². The van der Waals surface area contributed by atoms with Gasteiger partial charge in [-0.25, -0.2) is 4.79 Å². The van der Waals surface area contributed by atoms with Gasteiger partial charge in [0.15, 0.2) is 0 Å². The molecule has 0 aromatic heterocycles. The third-order valence-electron chi connectivity index (χ3n) is 2.67. The van der Waals surface area contributed by atoms with Crippen molar-refractivity contribution in [2.75, 3.05) is 20.3 Å². The SMILES string of the molecule is CCOC(=O)c1ccc2c(c1)CC(COC)O2. The van der Waals surface area contributed by atoms with Crippen molar-refractivity contribution < 1.29 is 19.0 Å². The Hall–Kier alpha value is -1.55. The minimum atomic E-state index is -0.287. The van der Waals surface area contributed by atoms with Crippen molar-refractivity contribution in [1.82, 2.24) is 0 Å². The largest absolute Gasteiger partial charge is 0.487 e. The maximum absolute atomic E-state index is 11.6. The van der Waals surface area contributed by atoms with Gasteiger partial charge in [-0.05, 0) is 30.7 Å². The Kier molecular flexibility index (Phi) is 3.64.